The molecule has 4 rings (SSSR count). The number of non-ortho nitro benzene ring substituents is 1. The van der Waals surface area contributed by atoms with Gasteiger partial charge in [-0.15, -0.1) is 0 Å². The molecule has 3 aromatic rings. The Kier molecular flexibility index (Phi) is 6.97. The number of benzene rings is 2. The fraction of sp³-hybridized carbons (Fsp3) is 0.125. The summed E-state index contributed by atoms with van der Waals surface area (Å²) in [4.78, 5) is 48.5. The molecule has 0 radical (unpaired) electrons. The topological polar surface area (TPSA) is 129 Å². The van der Waals surface area contributed by atoms with Crippen LogP contribution in [-0.4, -0.2) is 34.0 Å². The fourth-order valence-corrected chi connectivity index (χ4v) is 4.04. The molecule has 0 unspecified atom stereocenters. The fourth-order valence-electron chi connectivity index (χ4n) is 3.21. The summed E-state index contributed by atoms with van der Waals surface area (Å²) in [6, 6.07) is 15.9. The summed E-state index contributed by atoms with van der Waals surface area (Å²) in [5.41, 5.74) is 1.31. The number of imide groups is 1. The third-order valence-electron chi connectivity index (χ3n) is 4.98. The molecule has 11 heteroatoms. The second-order valence-electron chi connectivity index (χ2n) is 7.28. The molecule has 1 aliphatic rings. The van der Waals surface area contributed by atoms with Gasteiger partial charge in [0.15, 0.2) is 0 Å². The minimum Gasteiger partial charge on any atom is -0.488 e. The molecule has 1 saturated heterocycles. The number of thioether (sulfide) groups is 1. The Morgan fingerprint density at radius 1 is 1.11 bits per heavy atom. The largest absolute Gasteiger partial charge is 0.488 e. The summed E-state index contributed by atoms with van der Waals surface area (Å²) in [5, 5.41) is 10.3. The molecule has 2 heterocycles. The zero-order valence-electron chi connectivity index (χ0n) is 18.3. The number of nitrogens with zero attached hydrogens (tertiary/aromatic N) is 2. The van der Waals surface area contributed by atoms with Crippen molar-refractivity contribution in [3.63, 3.8) is 0 Å². The van der Waals surface area contributed by atoms with E-state index in [1.165, 1.54) is 31.4 Å². The van der Waals surface area contributed by atoms with Crippen molar-refractivity contribution in [1.29, 1.82) is 0 Å². The minimum absolute atomic E-state index is 0.0130. The normalized spacial score (nSPS) is 14.4. The van der Waals surface area contributed by atoms with Gasteiger partial charge in [0, 0.05) is 17.7 Å². The Morgan fingerprint density at radius 3 is 2.57 bits per heavy atom. The van der Waals surface area contributed by atoms with Crippen LogP contribution in [0.4, 0.5) is 10.5 Å². The molecular formula is C24H18N2O8S. The molecule has 35 heavy (non-hydrogen) atoms. The first-order valence-electron chi connectivity index (χ1n) is 10.2. The number of hydrogen-bond donors (Lipinski definition) is 0. The zero-order valence-corrected chi connectivity index (χ0v) is 19.2. The van der Waals surface area contributed by atoms with E-state index in [9.17, 15) is 24.5 Å². The van der Waals surface area contributed by atoms with E-state index in [1.54, 1.807) is 42.5 Å². The van der Waals surface area contributed by atoms with Crippen molar-refractivity contribution in [2.45, 2.75) is 13.2 Å². The summed E-state index contributed by atoms with van der Waals surface area (Å²) in [5.74, 6) is -0.437. The van der Waals surface area contributed by atoms with Gasteiger partial charge >= 0.3 is 5.97 Å². The van der Waals surface area contributed by atoms with Crippen LogP contribution in [0.5, 0.6) is 5.75 Å². The summed E-state index contributed by atoms with van der Waals surface area (Å²) in [7, 11) is 1.22. The first-order valence-corrected chi connectivity index (χ1v) is 11.0. The van der Waals surface area contributed by atoms with Gasteiger partial charge in [0.1, 0.15) is 18.1 Å². The van der Waals surface area contributed by atoms with Crippen molar-refractivity contribution in [2.24, 2.45) is 0 Å². The monoisotopic (exact) mass is 494 g/mol. The smallest absolute Gasteiger partial charge is 0.373 e. The molecule has 1 fully saturated rings. The third kappa shape index (κ3) is 5.41. The predicted molar refractivity (Wildman–Crippen MR) is 125 cm³/mol. The molecular weight excluding hydrogens is 476 g/mol. The number of rotatable bonds is 8. The Labute approximate surface area is 203 Å². The molecule has 2 amide bonds. The molecule has 1 aromatic heterocycles. The molecule has 0 aliphatic carbocycles. The number of ether oxygens (including phenoxy) is 2. The van der Waals surface area contributed by atoms with E-state index in [4.69, 9.17) is 9.15 Å². The van der Waals surface area contributed by atoms with Crippen molar-refractivity contribution in [2.75, 3.05) is 7.11 Å². The number of amides is 2. The lowest BCUT2D eigenvalue weighted by molar-refractivity contribution is -0.384. The summed E-state index contributed by atoms with van der Waals surface area (Å²) >= 11 is 0.787. The van der Waals surface area contributed by atoms with Gasteiger partial charge < -0.3 is 13.9 Å². The SMILES string of the molecule is COC(=O)c1ccc(CN2C(=O)SC(=Cc3ccccc3OCc3ccc([N+](=O)[O-])cc3)C2=O)o1. The zero-order chi connectivity index (χ0) is 24.9. The Bertz CT molecular complexity index is 1330. The number of furan rings is 1. The second kappa shape index (κ2) is 10.3. The van der Waals surface area contributed by atoms with Crippen LogP contribution in [0.1, 0.15) is 27.4 Å². The number of esters is 1. The summed E-state index contributed by atoms with van der Waals surface area (Å²) in [6.45, 7) is 0.0304. The van der Waals surface area contributed by atoms with Gasteiger partial charge in [-0.2, -0.15) is 0 Å². The maximum absolute atomic E-state index is 12.9. The number of carbonyl (C=O) groups is 3. The highest BCUT2D eigenvalue weighted by atomic mass is 32.2. The lowest BCUT2D eigenvalue weighted by Gasteiger charge is -2.11. The van der Waals surface area contributed by atoms with E-state index in [2.05, 4.69) is 4.74 Å². The van der Waals surface area contributed by atoms with Gasteiger partial charge in [0.2, 0.25) is 5.76 Å². The molecule has 0 N–H and O–H groups in total. The molecule has 0 spiro atoms. The van der Waals surface area contributed by atoms with Gasteiger partial charge in [-0.3, -0.25) is 24.6 Å². The lowest BCUT2D eigenvalue weighted by atomic mass is 10.1. The van der Waals surface area contributed by atoms with E-state index in [0.29, 0.717) is 11.3 Å². The van der Waals surface area contributed by atoms with Gasteiger partial charge in [-0.25, -0.2) is 4.79 Å². The van der Waals surface area contributed by atoms with Crippen molar-refractivity contribution in [1.82, 2.24) is 4.90 Å². The van der Waals surface area contributed by atoms with Crippen LogP contribution < -0.4 is 4.74 Å². The first-order chi connectivity index (χ1) is 16.9. The van der Waals surface area contributed by atoms with Crippen LogP contribution >= 0.6 is 11.8 Å². The van der Waals surface area contributed by atoms with Crippen LogP contribution in [0, 0.1) is 10.1 Å². The van der Waals surface area contributed by atoms with Crippen molar-refractivity contribution in [3.05, 3.63) is 98.3 Å². The molecule has 10 nitrogen and oxygen atoms in total. The molecule has 1 aliphatic heterocycles. The molecule has 2 aromatic carbocycles. The minimum atomic E-state index is -0.657. The number of nitro groups is 1. The average molecular weight is 494 g/mol. The average Bonchev–Trinajstić information content (AvgIpc) is 3.43. The van der Waals surface area contributed by atoms with Crippen LogP contribution in [0.2, 0.25) is 0 Å². The maximum atomic E-state index is 12.9. The molecule has 0 bridgehead atoms. The van der Waals surface area contributed by atoms with E-state index in [0.717, 1.165) is 22.2 Å². The second-order valence-corrected chi connectivity index (χ2v) is 8.27. The summed E-state index contributed by atoms with van der Waals surface area (Å²) in [6.07, 6.45) is 1.57. The van der Waals surface area contributed by atoms with Gasteiger partial charge in [0.05, 0.1) is 23.5 Å². The van der Waals surface area contributed by atoms with E-state index < -0.39 is 22.0 Å². The Morgan fingerprint density at radius 2 is 1.86 bits per heavy atom. The predicted octanol–water partition coefficient (Wildman–Crippen LogP) is 4.79. The standard InChI is InChI=1S/C24H18N2O8S/c1-32-23(28)20-11-10-18(34-20)13-25-22(27)21(35-24(25)29)12-16-4-2-3-5-19(16)33-14-15-6-8-17(9-7-15)26(30)31/h2-12H,13-14H2,1H3. The van der Waals surface area contributed by atoms with Crippen LogP contribution in [0.15, 0.2) is 70.0 Å². The number of methoxy groups -OCH3 is 1. The Balaban J connectivity index is 1.47. The van der Waals surface area contributed by atoms with Gasteiger partial charge in [0.25, 0.3) is 16.8 Å². The van der Waals surface area contributed by atoms with E-state index >= 15 is 0 Å². The Hall–Kier alpha value is -4.38. The van der Waals surface area contributed by atoms with Gasteiger partial charge in [-0.05, 0) is 53.7 Å². The highest BCUT2D eigenvalue weighted by Gasteiger charge is 2.36. The first kappa shape index (κ1) is 23.8. The third-order valence-corrected chi connectivity index (χ3v) is 5.89. The highest BCUT2D eigenvalue weighted by molar-refractivity contribution is 8.18. The number of hydrogen-bond acceptors (Lipinski definition) is 9. The summed E-state index contributed by atoms with van der Waals surface area (Å²) < 4.78 is 15.8. The maximum Gasteiger partial charge on any atom is 0.373 e. The van der Waals surface area contributed by atoms with E-state index in [-0.39, 0.29) is 35.3 Å². The molecule has 0 saturated carbocycles. The van der Waals surface area contributed by atoms with Crippen LogP contribution in [0.3, 0.4) is 0 Å². The van der Waals surface area contributed by atoms with Crippen LogP contribution in [0.25, 0.3) is 6.08 Å². The number of para-hydroxylation sites is 1. The lowest BCUT2D eigenvalue weighted by Crippen LogP contribution is -2.27. The van der Waals surface area contributed by atoms with E-state index in [1.807, 2.05) is 0 Å². The van der Waals surface area contributed by atoms with Crippen molar-refractivity contribution in [3.8, 4) is 5.75 Å². The van der Waals surface area contributed by atoms with Crippen molar-refractivity contribution < 1.29 is 33.2 Å². The molecule has 178 valence electrons. The molecule has 0 atom stereocenters. The highest BCUT2D eigenvalue weighted by Crippen LogP contribution is 2.35. The van der Waals surface area contributed by atoms with Gasteiger partial charge in [-0.1, -0.05) is 18.2 Å². The van der Waals surface area contributed by atoms with Crippen molar-refractivity contribution >= 4 is 40.6 Å². The quantitative estimate of drug-likeness (QED) is 0.188. The number of carbonyl (C=O) groups excluding carboxylic acids is 3. The van der Waals surface area contributed by atoms with Crippen LogP contribution in [-0.2, 0) is 22.7 Å². The number of nitro benzene ring substituents is 1.